The number of aromatic nitrogens is 1. The molecule has 150 valence electrons. The number of anilines is 1. The average molecular weight is 403 g/mol. The molecule has 3 atom stereocenters. The van der Waals surface area contributed by atoms with E-state index in [-0.39, 0.29) is 29.9 Å². The van der Waals surface area contributed by atoms with Crippen LogP contribution in [-0.2, 0) is 0 Å². The van der Waals surface area contributed by atoms with Gasteiger partial charge in [-0.2, -0.15) is 0 Å². The number of piperidine rings is 1. The Kier molecular flexibility index (Phi) is 6.10. The number of amides is 1. The highest BCUT2D eigenvalue weighted by Crippen LogP contribution is 2.38. The van der Waals surface area contributed by atoms with Crippen LogP contribution < -0.4 is 21.1 Å². The van der Waals surface area contributed by atoms with E-state index in [2.05, 4.69) is 10.6 Å². The van der Waals surface area contributed by atoms with Crippen molar-refractivity contribution in [2.75, 3.05) is 38.6 Å². The van der Waals surface area contributed by atoms with E-state index >= 15 is 0 Å². The molecule has 6 nitrogen and oxygen atoms in total. The minimum Gasteiger partial charge on any atom is -0.378 e. The van der Waals surface area contributed by atoms with Gasteiger partial charge in [0.1, 0.15) is 0 Å². The van der Waals surface area contributed by atoms with E-state index in [1.165, 1.54) is 0 Å². The molecule has 1 aromatic carbocycles. The average Bonchev–Trinajstić information content (AvgIpc) is 2.68. The number of hydrogen-bond donors (Lipinski definition) is 2. The molecule has 0 saturated carbocycles. The van der Waals surface area contributed by atoms with E-state index in [1.807, 2.05) is 60.0 Å². The van der Waals surface area contributed by atoms with Gasteiger partial charge < -0.3 is 20.1 Å². The SMILES string of the molecule is CN(C)c1cccc(C(=O)NC[C@H]2[C@@H]3CNC[C@@H](C3)c3cccc(=O)n32)c1.Cl. The van der Waals surface area contributed by atoms with Crippen LogP contribution in [0, 0.1) is 5.92 Å². The largest absolute Gasteiger partial charge is 0.378 e. The Morgan fingerprint density at radius 3 is 2.79 bits per heavy atom. The van der Waals surface area contributed by atoms with Gasteiger partial charge in [-0.1, -0.05) is 12.1 Å². The van der Waals surface area contributed by atoms with E-state index in [0.717, 1.165) is 30.9 Å². The van der Waals surface area contributed by atoms with Gasteiger partial charge in [-0.15, -0.1) is 12.4 Å². The highest BCUT2D eigenvalue weighted by atomic mass is 35.5. The van der Waals surface area contributed by atoms with Crippen LogP contribution in [-0.4, -0.2) is 44.2 Å². The smallest absolute Gasteiger partial charge is 0.251 e. The van der Waals surface area contributed by atoms with Gasteiger partial charge in [0.05, 0.1) is 6.04 Å². The summed E-state index contributed by atoms with van der Waals surface area (Å²) in [5, 5.41) is 6.54. The number of hydrogen-bond acceptors (Lipinski definition) is 4. The maximum atomic E-state index is 12.7. The summed E-state index contributed by atoms with van der Waals surface area (Å²) in [5.41, 5.74) is 2.73. The molecule has 2 aliphatic heterocycles. The zero-order valence-corrected chi connectivity index (χ0v) is 17.0. The Balaban J connectivity index is 0.00000225. The second-order valence-corrected chi connectivity index (χ2v) is 7.73. The van der Waals surface area contributed by atoms with Crippen LogP contribution in [0.1, 0.15) is 34.4 Å². The second-order valence-electron chi connectivity index (χ2n) is 7.73. The molecule has 2 aromatic rings. The van der Waals surface area contributed by atoms with Crippen molar-refractivity contribution in [3.05, 3.63) is 64.1 Å². The fourth-order valence-corrected chi connectivity index (χ4v) is 4.39. The monoisotopic (exact) mass is 402 g/mol. The molecule has 0 spiro atoms. The first-order valence-electron chi connectivity index (χ1n) is 9.52. The maximum absolute atomic E-state index is 12.7. The van der Waals surface area contributed by atoms with Crippen LogP contribution in [0.25, 0.3) is 0 Å². The number of carbonyl (C=O) groups is 1. The highest BCUT2D eigenvalue weighted by molar-refractivity contribution is 5.95. The summed E-state index contributed by atoms with van der Waals surface area (Å²) < 4.78 is 1.91. The lowest BCUT2D eigenvalue weighted by Gasteiger charge is -2.43. The Hall–Kier alpha value is -2.31. The molecular weight excluding hydrogens is 376 g/mol. The van der Waals surface area contributed by atoms with Crippen molar-refractivity contribution in [3.63, 3.8) is 0 Å². The van der Waals surface area contributed by atoms with Crippen LogP contribution in [0.2, 0.25) is 0 Å². The van der Waals surface area contributed by atoms with Crippen molar-refractivity contribution in [1.82, 2.24) is 15.2 Å². The predicted molar refractivity (Wildman–Crippen MR) is 114 cm³/mol. The molecule has 0 aliphatic carbocycles. The molecule has 2 bridgehead atoms. The van der Waals surface area contributed by atoms with E-state index < -0.39 is 0 Å². The Morgan fingerprint density at radius 2 is 2.00 bits per heavy atom. The standard InChI is InChI=1S/C21H26N4O2.ClH/c1-24(2)17-6-3-5-14(10-17)21(27)23-13-19-16-9-15(11-22-12-16)18-7-4-8-20(26)25(18)19;/h3-8,10,15-16,19,22H,9,11-13H2,1-2H3,(H,23,27);1H/t15-,16+,19+;/m1./s1. The third-order valence-electron chi connectivity index (χ3n) is 5.80. The molecule has 2 aliphatic rings. The summed E-state index contributed by atoms with van der Waals surface area (Å²) in [7, 11) is 3.91. The summed E-state index contributed by atoms with van der Waals surface area (Å²) in [6.45, 7) is 2.26. The number of halogens is 1. The molecule has 28 heavy (non-hydrogen) atoms. The molecular formula is C21H27ClN4O2. The van der Waals surface area contributed by atoms with Gasteiger partial charge in [-0.25, -0.2) is 0 Å². The first kappa shape index (κ1) is 20.4. The number of carbonyl (C=O) groups excluding carboxylic acids is 1. The van der Waals surface area contributed by atoms with Gasteiger partial charge in [-0.05, 0) is 36.6 Å². The van der Waals surface area contributed by atoms with Gasteiger partial charge in [0, 0.05) is 62.7 Å². The molecule has 0 unspecified atom stereocenters. The van der Waals surface area contributed by atoms with Crippen molar-refractivity contribution in [2.45, 2.75) is 18.4 Å². The van der Waals surface area contributed by atoms with Crippen LogP contribution >= 0.6 is 12.4 Å². The Bertz CT molecular complexity index is 911. The summed E-state index contributed by atoms with van der Waals surface area (Å²) in [4.78, 5) is 27.2. The van der Waals surface area contributed by atoms with E-state index in [4.69, 9.17) is 0 Å². The highest BCUT2D eigenvalue weighted by Gasteiger charge is 2.37. The van der Waals surface area contributed by atoms with Crippen LogP contribution in [0.15, 0.2) is 47.3 Å². The molecule has 1 saturated heterocycles. The normalized spacial score (nSPS) is 22.6. The van der Waals surface area contributed by atoms with Gasteiger partial charge in [0.25, 0.3) is 11.5 Å². The first-order valence-corrected chi connectivity index (χ1v) is 9.52. The predicted octanol–water partition coefficient (Wildman–Crippen LogP) is 2.01. The van der Waals surface area contributed by atoms with Crippen LogP contribution in [0.5, 0.6) is 0 Å². The van der Waals surface area contributed by atoms with Crippen molar-refractivity contribution in [2.24, 2.45) is 5.92 Å². The fourth-order valence-electron chi connectivity index (χ4n) is 4.39. The lowest BCUT2D eigenvalue weighted by molar-refractivity contribution is 0.0932. The van der Waals surface area contributed by atoms with Crippen molar-refractivity contribution >= 4 is 24.0 Å². The molecule has 1 fully saturated rings. The van der Waals surface area contributed by atoms with Gasteiger partial charge >= 0.3 is 0 Å². The maximum Gasteiger partial charge on any atom is 0.251 e. The van der Waals surface area contributed by atoms with E-state index in [0.29, 0.717) is 23.9 Å². The van der Waals surface area contributed by atoms with Gasteiger partial charge in [0.15, 0.2) is 0 Å². The number of nitrogens with zero attached hydrogens (tertiary/aromatic N) is 2. The van der Waals surface area contributed by atoms with Crippen LogP contribution in [0.4, 0.5) is 5.69 Å². The zero-order chi connectivity index (χ0) is 19.0. The van der Waals surface area contributed by atoms with Crippen LogP contribution in [0.3, 0.4) is 0 Å². The number of benzene rings is 1. The minimum absolute atomic E-state index is 0. The number of fused-ring (bicyclic) bond motifs is 4. The van der Waals surface area contributed by atoms with E-state index in [1.54, 1.807) is 6.07 Å². The summed E-state index contributed by atoms with van der Waals surface area (Å²) in [6.07, 6.45) is 1.06. The van der Waals surface area contributed by atoms with E-state index in [9.17, 15) is 9.59 Å². The Morgan fingerprint density at radius 1 is 1.21 bits per heavy atom. The molecule has 0 radical (unpaired) electrons. The second kappa shape index (κ2) is 8.37. The molecule has 1 aromatic heterocycles. The number of rotatable bonds is 4. The summed E-state index contributed by atoms with van der Waals surface area (Å²) >= 11 is 0. The molecule has 2 N–H and O–H groups in total. The Labute approximate surface area is 171 Å². The van der Waals surface area contributed by atoms with Crippen molar-refractivity contribution in [1.29, 1.82) is 0 Å². The molecule has 4 rings (SSSR count). The fraction of sp³-hybridized carbons (Fsp3) is 0.429. The summed E-state index contributed by atoms with van der Waals surface area (Å²) in [5.74, 6) is 0.626. The minimum atomic E-state index is -0.102. The van der Waals surface area contributed by atoms with Gasteiger partial charge in [-0.3, -0.25) is 9.59 Å². The van der Waals surface area contributed by atoms with Crippen molar-refractivity contribution in [3.8, 4) is 0 Å². The number of nitrogens with one attached hydrogen (secondary N) is 2. The van der Waals surface area contributed by atoms with Gasteiger partial charge in [0.2, 0.25) is 0 Å². The zero-order valence-electron chi connectivity index (χ0n) is 16.2. The van der Waals surface area contributed by atoms with Crippen molar-refractivity contribution < 1.29 is 4.79 Å². The summed E-state index contributed by atoms with van der Waals surface area (Å²) in [6, 6.07) is 13.1. The topological polar surface area (TPSA) is 66.4 Å². The molecule has 7 heteroatoms. The lowest BCUT2D eigenvalue weighted by atomic mass is 9.79. The lowest BCUT2D eigenvalue weighted by Crippen LogP contribution is -2.50. The quantitative estimate of drug-likeness (QED) is 0.821. The molecule has 3 heterocycles. The first-order chi connectivity index (χ1) is 13.0. The number of pyridine rings is 1. The third-order valence-corrected chi connectivity index (χ3v) is 5.80. The molecule has 1 amide bonds. The third kappa shape index (κ3) is 3.80.